The number of thioether (sulfide) groups is 1. The molecule has 2 N–H and O–H groups in total. The molecule has 2 rings (SSSR count). The van der Waals surface area contributed by atoms with Crippen LogP contribution in [0, 0.1) is 11.6 Å². The summed E-state index contributed by atoms with van der Waals surface area (Å²) in [5.74, 6) is -0.636. The van der Waals surface area contributed by atoms with Crippen LogP contribution >= 0.6 is 27.7 Å². The van der Waals surface area contributed by atoms with Gasteiger partial charge in [0.2, 0.25) is 0 Å². The van der Waals surface area contributed by atoms with Gasteiger partial charge < -0.3 is 5.73 Å². The number of benzene rings is 2. The minimum Gasteiger partial charge on any atom is -0.323 e. The molecule has 0 aliphatic rings. The maximum atomic E-state index is 13.1. The summed E-state index contributed by atoms with van der Waals surface area (Å²) in [4.78, 5) is 1.07. The third-order valence-electron chi connectivity index (χ3n) is 2.56. The molecule has 0 saturated heterocycles. The standard InChI is InChI=1S/C14H12BrF2NS/c15-10-1-3-13(4-2-10)19-8-14(18)9-5-11(16)7-12(17)6-9/h1-7,14H,8,18H2. The van der Waals surface area contributed by atoms with Crippen LogP contribution in [0.4, 0.5) is 8.78 Å². The van der Waals surface area contributed by atoms with Crippen LogP contribution in [0.3, 0.4) is 0 Å². The van der Waals surface area contributed by atoms with Crippen molar-refractivity contribution >= 4 is 27.7 Å². The Morgan fingerprint density at radius 1 is 1.05 bits per heavy atom. The van der Waals surface area contributed by atoms with Crippen molar-refractivity contribution in [2.45, 2.75) is 10.9 Å². The molecule has 5 heteroatoms. The van der Waals surface area contributed by atoms with E-state index in [0.29, 0.717) is 11.3 Å². The Hall–Kier alpha value is -0.910. The van der Waals surface area contributed by atoms with Gasteiger partial charge in [-0.1, -0.05) is 15.9 Å². The van der Waals surface area contributed by atoms with Gasteiger partial charge in [0.1, 0.15) is 11.6 Å². The maximum absolute atomic E-state index is 13.1. The second-order valence-electron chi connectivity index (χ2n) is 4.07. The minimum atomic E-state index is -0.598. The lowest BCUT2D eigenvalue weighted by Crippen LogP contribution is -2.13. The average molecular weight is 344 g/mol. The van der Waals surface area contributed by atoms with Crippen LogP contribution < -0.4 is 5.73 Å². The van der Waals surface area contributed by atoms with E-state index >= 15 is 0 Å². The van der Waals surface area contributed by atoms with E-state index < -0.39 is 17.7 Å². The maximum Gasteiger partial charge on any atom is 0.126 e. The Morgan fingerprint density at radius 3 is 2.21 bits per heavy atom. The fraction of sp³-hybridized carbons (Fsp3) is 0.143. The molecule has 2 aromatic rings. The molecule has 1 atom stereocenters. The van der Waals surface area contributed by atoms with Gasteiger partial charge in [0.15, 0.2) is 0 Å². The third kappa shape index (κ3) is 4.30. The summed E-state index contributed by atoms with van der Waals surface area (Å²) in [7, 11) is 0. The Labute approximate surface area is 123 Å². The van der Waals surface area contributed by atoms with E-state index in [0.717, 1.165) is 15.4 Å². The Balaban J connectivity index is 2.00. The van der Waals surface area contributed by atoms with E-state index in [2.05, 4.69) is 15.9 Å². The van der Waals surface area contributed by atoms with Crippen molar-refractivity contribution in [2.75, 3.05) is 5.75 Å². The first kappa shape index (κ1) is 14.5. The largest absolute Gasteiger partial charge is 0.323 e. The molecule has 0 bridgehead atoms. The van der Waals surface area contributed by atoms with Gasteiger partial charge in [0.05, 0.1) is 0 Å². The lowest BCUT2D eigenvalue weighted by molar-refractivity contribution is 0.576. The number of hydrogen-bond donors (Lipinski definition) is 1. The van der Waals surface area contributed by atoms with Crippen molar-refractivity contribution in [1.29, 1.82) is 0 Å². The van der Waals surface area contributed by atoms with Crippen molar-refractivity contribution in [2.24, 2.45) is 5.73 Å². The van der Waals surface area contributed by atoms with Gasteiger partial charge >= 0.3 is 0 Å². The zero-order valence-electron chi connectivity index (χ0n) is 9.95. The van der Waals surface area contributed by atoms with E-state index in [1.165, 1.54) is 12.1 Å². The van der Waals surface area contributed by atoms with Gasteiger partial charge in [-0.05, 0) is 42.0 Å². The quantitative estimate of drug-likeness (QED) is 0.826. The van der Waals surface area contributed by atoms with Gasteiger partial charge in [-0.3, -0.25) is 0 Å². The summed E-state index contributed by atoms with van der Waals surface area (Å²) in [6.45, 7) is 0. The molecule has 0 aliphatic heterocycles. The van der Waals surface area contributed by atoms with Crippen LogP contribution in [0.5, 0.6) is 0 Å². The zero-order chi connectivity index (χ0) is 13.8. The average Bonchev–Trinajstić information content (AvgIpc) is 2.36. The van der Waals surface area contributed by atoms with Crippen LogP contribution in [0.1, 0.15) is 11.6 Å². The van der Waals surface area contributed by atoms with Crippen LogP contribution in [-0.4, -0.2) is 5.75 Å². The van der Waals surface area contributed by atoms with Crippen molar-refractivity contribution < 1.29 is 8.78 Å². The van der Waals surface area contributed by atoms with E-state index in [1.807, 2.05) is 24.3 Å². The molecule has 0 aliphatic carbocycles. The molecular formula is C14H12BrF2NS. The van der Waals surface area contributed by atoms with Gasteiger partial charge in [0, 0.05) is 27.2 Å². The molecular weight excluding hydrogens is 332 g/mol. The smallest absolute Gasteiger partial charge is 0.126 e. The topological polar surface area (TPSA) is 26.0 Å². The van der Waals surface area contributed by atoms with Gasteiger partial charge in [-0.25, -0.2) is 8.78 Å². The first-order valence-corrected chi connectivity index (χ1v) is 7.42. The molecule has 0 fully saturated rings. The highest BCUT2D eigenvalue weighted by Gasteiger charge is 2.09. The minimum absolute atomic E-state index is 0.404. The van der Waals surface area contributed by atoms with E-state index in [9.17, 15) is 8.78 Å². The van der Waals surface area contributed by atoms with Crippen molar-refractivity contribution in [3.8, 4) is 0 Å². The number of halogens is 3. The van der Waals surface area contributed by atoms with Crippen molar-refractivity contribution in [1.82, 2.24) is 0 Å². The molecule has 0 amide bonds. The van der Waals surface area contributed by atoms with E-state index in [4.69, 9.17) is 5.73 Å². The first-order valence-electron chi connectivity index (χ1n) is 5.64. The molecule has 0 saturated carbocycles. The number of hydrogen-bond acceptors (Lipinski definition) is 2. The zero-order valence-corrected chi connectivity index (χ0v) is 12.3. The molecule has 0 spiro atoms. The van der Waals surface area contributed by atoms with Gasteiger partial charge in [0.25, 0.3) is 0 Å². The molecule has 0 radical (unpaired) electrons. The summed E-state index contributed by atoms with van der Waals surface area (Å²) >= 11 is 4.91. The molecule has 1 nitrogen and oxygen atoms in total. The molecule has 0 heterocycles. The van der Waals surface area contributed by atoms with Crippen LogP contribution in [0.15, 0.2) is 51.8 Å². The van der Waals surface area contributed by atoms with Crippen LogP contribution in [-0.2, 0) is 0 Å². The Bertz CT molecular complexity index is 540. The first-order chi connectivity index (χ1) is 9.04. The summed E-state index contributed by atoms with van der Waals surface area (Å²) < 4.78 is 27.2. The highest BCUT2D eigenvalue weighted by Crippen LogP contribution is 2.25. The highest BCUT2D eigenvalue weighted by atomic mass is 79.9. The fourth-order valence-electron chi connectivity index (χ4n) is 1.60. The van der Waals surface area contributed by atoms with Crippen molar-refractivity contribution in [3.05, 3.63) is 64.1 Å². The lowest BCUT2D eigenvalue weighted by atomic mass is 10.1. The van der Waals surface area contributed by atoms with Crippen LogP contribution in [0.25, 0.3) is 0 Å². The highest BCUT2D eigenvalue weighted by molar-refractivity contribution is 9.10. The summed E-state index contributed by atoms with van der Waals surface area (Å²) in [6, 6.07) is 10.8. The van der Waals surface area contributed by atoms with Gasteiger partial charge in [-0.2, -0.15) is 0 Å². The second kappa shape index (κ2) is 6.50. The third-order valence-corrected chi connectivity index (χ3v) is 4.22. The summed E-state index contributed by atoms with van der Waals surface area (Å²) in [5.41, 5.74) is 6.42. The molecule has 1 unspecified atom stereocenters. The van der Waals surface area contributed by atoms with E-state index in [-0.39, 0.29) is 0 Å². The lowest BCUT2D eigenvalue weighted by Gasteiger charge is -2.12. The monoisotopic (exact) mass is 343 g/mol. The summed E-state index contributed by atoms with van der Waals surface area (Å²) in [5, 5.41) is 0. The summed E-state index contributed by atoms with van der Waals surface area (Å²) in [6.07, 6.45) is 0. The number of rotatable bonds is 4. The SMILES string of the molecule is NC(CSc1ccc(Br)cc1)c1cc(F)cc(F)c1. The van der Waals surface area contributed by atoms with E-state index in [1.54, 1.807) is 11.8 Å². The Morgan fingerprint density at radius 2 is 1.63 bits per heavy atom. The number of nitrogens with two attached hydrogens (primary N) is 1. The Kier molecular flexibility index (Phi) is 4.96. The van der Waals surface area contributed by atoms with Gasteiger partial charge in [-0.15, -0.1) is 11.8 Å². The van der Waals surface area contributed by atoms with Crippen LogP contribution in [0.2, 0.25) is 0 Å². The molecule has 19 heavy (non-hydrogen) atoms. The molecule has 2 aromatic carbocycles. The van der Waals surface area contributed by atoms with Crippen molar-refractivity contribution in [3.63, 3.8) is 0 Å². The predicted molar refractivity (Wildman–Crippen MR) is 78.2 cm³/mol. The predicted octanol–water partition coefficient (Wildman–Crippen LogP) is 4.52. The molecule has 100 valence electrons. The molecule has 0 aromatic heterocycles. The fourth-order valence-corrected chi connectivity index (χ4v) is 2.76. The second-order valence-corrected chi connectivity index (χ2v) is 6.08. The normalized spacial score (nSPS) is 12.4.